The zero-order valence-corrected chi connectivity index (χ0v) is 20.2. The number of amides is 1. The van der Waals surface area contributed by atoms with Gasteiger partial charge in [0.05, 0.1) is 12.7 Å². The van der Waals surface area contributed by atoms with E-state index in [1.165, 1.54) is 11.1 Å². The summed E-state index contributed by atoms with van der Waals surface area (Å²) in [4.78, 5) is 29.6. The van der Waals surface area contributed by atoms with Gasteiger partial charge in [-0.05, 0) is 80.3 Å². The van der Waals surface area contributed by atoms with Crippen molar-refractivity contribution >= 4 is 72.8 Å². The van der Waals surface area contributed by atoms with Gasteiger partial charge in [0.1, 0.15) is 17.6 Å². The van der Waals surface area contributed by atoms with Gasteiger partial charge in [-0.25, -0.2) is 4.57 Å². The maximum absolute atomic E-state index is 12.3. The molecule has 4 rings (SSSR count). The van der Waals surface area contributed by atoms with Crippen LogP contribution < -0.4 is 14.8 Å². The number of aryl methyl sites for hydroxylation is 2. The summed E-state index contributed by atoms with van der Waals surface area (Å²) in [5, 5.41) is 2.68. The number of rotatable bonds is 8. The fraction of sp³-hybridized carbons (Fsp3) is 0.480. The summed E-state index contributed by atoms with van der Waals surface area (Å²) in [6.45, 7) is 1.97. The molecule has 0 spiro atoms. The van der Waals surface area contributed by atoms with Crippen LogP contribution in [0.25, 0.3) is 0 Å². The van der Waals surface area contributed by atoms with Gasteiger partial charge in [-0.1, -0.05) is 24.3 Å². The fourth-order valence-electron chi connectivity index (χ4n) is 4.72. The average Bonchev–Trinajstić information content (AvgIpc) is 2.81. The molecule has 1 heterocycles. The zero-order valence-electron chi connectivity index (χ0n) is 19.3. The molecule has 0 unspecified atom stereocenters. The van der Waals surface area contributed by atoms with E-state index in [0.29, 0.717) is 12.8 Å². The Morgan fingerprint density at radius 2 is 1.81 bits per heavy atom. The Bertz CT molecular complexity index is 1060. The molecule has 1 saturated carbocycles. The van der Waals surface area contributed by atoms with Crippen molar-refractivity contribution in [2.45, 2.75) is 57.7 Å². The Morgan fingerprint density at radius 1 is 1.08 bits per heavy atom. The van der Waals surface area contributed by atoms with Gasteiger partial charge >= 0.3 is 66.9 Å². The van der Waals surface area contributed by atoms with Gasteiger partial charge in [-0.15, -0.1) is 0 Å². The second-order valence-electron chi connectivity index (χ2n) is 8.98. The van der Waals surface area contributed by atoms with E-state index in [9.17, 15) is 9.36 Å². The first-order chi connectivity index (χ1) is 16.3. The Labute approximate surface area is 256 Å². The molecule has 1 amide bonds. The van der Waals surface area contributed by atoms with Crippen molar-refractivity contribution in [2.24, 2.45) is 5.92 Å². The molecule has 1 aliphatic carbocycles. The first-order valence-corrected chi connectivity index (χ1v) is 13.3. The summed E-state index contributed by atoms with van der Waals surface area (Å²) >= 11 is 0. The third-order valence-electron chi connectivity index (χ3n) is 6.52. The standard InChI is InChI=1S/C25H32NO7P.2Na.2H/c1-17-4-2-3-5-22(17)24-12-8-19-16-21(11-13-23(19)33-24)32-20-9-6-18(7-10-20)25(27)26-14-15-31-34(28,29)30;;;;/h2-5,11,13,16,18,20,24H,6-10,12,14-15H2,1H3,(H,26,27)(H2,28,29,30);;;;/t18-,20-,24-;;;;/m0..../s1. The van der Waals surface area contributed by atoms with Gasteiger partial charge < -0.3 is 24.6 Å². The Balaban J connectivity index is 0.00000228. The molecule has 1 aliphatic heterocycles. The van der Waals surface area contributed by atoms with Gasteiger partial charge in [0.2, 0.25) is 5.91 Å². The van der Waals surface area contributed by atoms with Gasteiger partial charge in [0.15, 0.2) is 0 Å². The molecule has 188 valence electrons. The molecule has 8 nitrogen and oxygen atoms in total. The second kappa shape index (κ2) is 14.7. The number of carbonyl (C=O) groups is 1. The number of fused-ring (bicyclic) bond motifs is 1. The summed E-state index contributed by atoms with van der Waals surface area (Å²) in [5.74, 6) is 1.52. The summed E-state index contributed by atoms with van der Waals surface area (Å²) in [6, 6.07) is 14.4. The van der Waals surface area contributed by atoms with E-state index in [1.807, 2.05) is 18.2 Å². The van der Waals surface area contributed by atoms with E-state index in [0.717, 1.165) is 42.7 Å². The predicted octanol–water partition coefficient (Wildman–Crippen LogP) is 2.93. The number of benzene rings is 2. The molecule has 2 aliphatic rings. The predicted molar refractivity (Wildman–Crippen MR) is 141 cm³/mol. The third-order valence-corrected chi connectivity index (χ3v) is 7.04. The number of hydrogen-bond acceptors (Lipinski definition) is 5. The van der Waals surface area contributed by atoms with Crippen LogP contribution in [-0.2, 0) is 20.3 Å². The average molecular weight is 538 g/mol. The van der Waals surface area contributed by atoms with E-state index in [4.69, 9.17) is 19.3 Å². The van der Waals surface area contributed by atoms with E-state index < -0.39 is 7.82 Å². The van der Waals surface area contributed by atoms with Gasteiger partial charge in [0, 0.05) is 12.5 Å². The number of nitrogens with one attached hydrogen (secondary N) is 1. The molecule has 2 aromatic carbocycles. The zero-order chi connectivity index (χ0) is 24.1. The molecule has 36 heavy (non-hydrogen) atoms. The van der Waals surface area contributed by atoms with Crippen LogP contribution in [-0.4, -0.2) is 94.1 Å². The van der Waals surface area contributed by atoms with Crippen LogP contribution in [0, 0.1) is 12.8 Å². The number of phosphoric ester groups is 1. The topological polar surface area (TPSA) is 114 Å². The molecule has 1 fully saturated rings. The van der Waals surface area contributed by atoms with Crippen molar-refractivity contribution in [3.63, 3.8) is 0 Å². The van der Waals surface area contributed by atoms with Crippen molar-refractivity contribution < 1.29 is 33.1 Å². The molecule has 0 bridgehead atoms. The van der Waals surface area contributed by atoms with Crippen LogP contribution in [0.1, 0.15) is 54.9 Å². The van der Waals surface area contributed by atoms with E-state index in [-0.39, 0.29) is 96.3 Å². The maximum atomic E-state index is 12.3. The van der Waals surface area contributed by atoms with Crippen molar-refractivity contribution in [2.75, 3.05) is 13.2 Å². The van der Waals surface area contributed by atoms with Crippen molar-refractivity contribution in [3.8, 4) is 11.5 Å². The van der Waals surface area contributed by atoms with Gasteiger partial charge in [-0.2, -0.15) is 0 Å². The Hall–Kier alpha value is -0.380. The van der Waals surface area contributed by atoms with Gasteiger partial charge in [-0.3, -0.25) is 9.32 Å². The summed E-state index contributed by atoms with van der Waals surface area (Å²) in [5.41, 5.74) is 3.64. The van der Waals surface area contributed by atoms with Crippen LogP contribution in [0.15, 0.2) is 42.5 Å². The molecule has 11 heteroatoms. The minimum atomic E-state index is -4.50. The molecular weight excluding hydrogens is 503 g/mol. The van der Waals surface area contributed by atoms with Gasteiger partial charge in [0.25, 0.3) is 0 Å². The third kappa shape index (κ3) is 9.12. The number of phosphoric acid groups is 1. The molecule has 2 aromatic rings. The molecule has 0 radical (unpaired) electrons. The first-order valence-electron chi connectivity index (χ1n) is 11.8. The quantitative estimate of drug-likeness (QED) is 0.270. The second-order valence-corrected chi connectivity index (χ2v) is 10.2. The molecule has 0 saturated heterocycles. The Kier molecular flexibility index (Phi) is 13.0. The Morgan fingerprint density at radius 3 is 2.50 bits per heavy atom. The number of hydrogen-bond donors (Lipinski definition) is 3. The van der Waals surface area contributed by atoms with Crippen molar-refractivity contribution in [1.29, 1.82) is 0 Å². The SMILES string of the molecule is Cc1ccccc1[C@@H]1CCc2cc(O[C@H]3CC[C@H](C(=O)NCCOP(=O)(O)O)CC3)ccc2O1.[NaH].[NaH]. The van der Waals surface area contributed by atoms with Crippen LogP contribution in [0.2, 0.25) is 0 Å². The van der Waals surface area contributed by atoms with E-state index in [2.05, 4.69) is 41.0 Å². The van der Waals surface area contributed by atoms with Crippen molar-refractivity contribution in [3.05, 3.63) is 59.2 Å². The minimum absolute atomic E-state index is 0. The number of ether oxygens (including phenoxy) is 2. The summed E-state index contributed by atoms with van der Waals surface area (Å²) < 4.78 is 27.5. The van der Waals surface area contributed by atoms with Crippen LogP contribution in [0.5, 0.6) is 11.5 Å². The number of carbonyl (C=O) groups excluding carboxylic acids is 1. The molecular formula is C25H34NNa2O7P. The monoisotopic (exact) mass is 537 g/mol. The summed E-state index contributed by atoms with van der Waals surface area (Å²) in [7, 11) is -4.50. The fourth-order valence-corrected chi connectivity index (χ4v) is 5.05. The molecule has 1 atom stereocenters. The molecule has 0 aromatic heterocycles. The molecule has 3 N–H and O–H groups in total. The van der Waals surface area contributed by atoms with Crippen LogP contribution >= 0.6 is 7.82 Å². The first kappa shape index (κ1) is 31.8. The van der Waals surface area contributed by atoms with E-state index in [1.54, 1.807) is 0 Å². The van der Waals surface area contributed by atoms with Crippen LogP contribution in [0.3, 0.4) is 0 Å². The summed E-state index contributed by atoms with van der Waals surface area (Å²) in [6.07, 6.45) is 4.98. The normalized spacial score (nSPS) is 21.1. The van der Waals surface area contributed by atoms with Crippen LogP contribution in [0.4, 0.5) is 0 Å². The van der Waals surface area contributed by atoms with E-state index >= 15 is 0 Å². The van der Waals surface area contributed by atoms with Crippen molar-refractivity contribution in [1.82, 2.24) is 5.32 Å².